The van der Waals surface area contributed by atoms with Gasteiger partial charge >= 0.3 is 6.03 Å². The lowest BCUT2D eigenvalue weighted by Gasteiger charge is -2.16. The van der Waals surface area contributed by atoms with E-state index < -0.39 is 0 Å². The van der Waals surface area contributed by atoms with E-state index >= 15 is 0 Å². The van der Waals surface area contributed by atoms with E-state index in [0.29, 0.717) is 12.0 Å². The maximum atomic E-state index is 11.6. The molecule has 1 aliphatic heterocycles. The predicted molar refractivity (Wildman–Crippen MR) is 70.6 cm³/mol. The van der Waals surface area contributed by atoms with Crippen molar-refractivity contribution in [2.45, 2.75) is 38.7 Å². The third-order valence-electron chi connectivity index (χ3n) is 3.83. The summed E-state index contributed by atoms with van der Waals surface area (Å²) in [5, 5.41) is 9.08. The van der Waals surface area contributed by atoms with E-state index in [-0.39, 0.29) is 12.1 Å². The monoisotopic (exact) mass is 255 g/mol. The molecule has 1 unspecified atom stereocenters. The van der Waals surface area contributed by atoms with Gasteiger partial charge in [-0.1, -0.05) is 6.92 Å². The van der Waals surface area contributed by atoms with Gasteiger partial charge in [0.2, 0.25) is 0 Å². The van der Waals surface area contributed by atoms with Crippen molar-refractivity contribution in [2.75, 3.05) is 32.8 Å². The maximum Gasteiger partial charge on any atom is 0.314 e. The maximum absolute atomic E-state index is 11.6. The molecule has 2 fully saturated rings. The van der Waals surface area contributed by atoms with Crippen LogP contribution in [-0.2, 0) is 4.74 Å². The van der Waals surface area contributed by atoms with Crippen LogP contribution in [0.5, 0.6) is 0 Å². The molecule has 0 bridgehead atoms. The molecule has 2 amide bonds. The Bertz CT molecular complexity index is 271. The summed E-state index contributed by atoms with van der Waals surface area (Å²) in [5.74, 6) is 0. The third-order valence-corrected chi connectivity index (χ3v) is 3.83. The number of carbonyl (C=O) groups is 1. The minimum absolute atomic E-state index is 0.0768. The molecule has 0 radical (unpaired) electrons. The minimum atomic E-state index is -0.0768. The van der Waals surface area contributed by atoms with Crippen molar-refractivity contribution in [1.82, 2.24) is 16.0 Å². The standard InChI is InChI=1S/C13H25N3O2/c1-13(3-4-13)5-7-15-12(17)16-10-11-9-14-6-2-8-18-11/h11,14H,2-10H2,1H3,(H2,15,16,17). The van der Waals surface area contributed by atoms with Gasteiger partial charge in [-0.25, -0.2) is 4.79 Å². The van der Waals surface area contributed by atoms with Gasteiger partial charge in [0.1, 0.15) is 0 Å². The van der Waals surface area contributed by atoms with Gasteiger partial charge in [0.15, 0.2) is 0 Å². The van der Waals surface area contributed by atoms with E-state index in [1.54, 1.807) is 0 Å². The molecule has 2 aliphatic rings. The van der Waals surface area contributed by atoms with Gasteiger partial charge in [0.25, 0.3) is 0 Å². The zero-order chi connectivity index (χ0) is 12.8. The van der Waals surface area contributed by atoms with Crippen LogP contribution in [0.1, 0.15) is 32.6 Å². The van der Waals surface area contributed by atoms with E-state index in [4.69, 9.17) is 4.74 Å². The first-order valence-electron chi connectivity index (χ1n) is 7.02. The molecule has 0 spiro atoms. The Hall–Kier alpha value is -0.810. The molecule has 5 nitrogen and oxygen atoms in total. The average molecular weight is 255 g/mol. The van der Waals surface area contributed by atoms with E-state index in [1.165, 1.54) is 12.8 Å². The summed E-state index contributed by atoms with van der Waals surface area (Å²) < 4.78 is 5.62. The normalized spacial score (nSPS) is 26.2. The fraction of sp³-hybridized carbons (Fsp3) is 0.923. The predicted octanol–water partition coefficient (Wildman–Crippen LogP) is 0.854. The molecule has 1 atom stereocenters. The lowest BCUT2D eigenvalue weighted by molar-refractivity contribution is 0.0685. The van der Waals surface area contributed by atoms with Gasteiger partial charge in [0.05, 0.1) is 6.10 Å². The molecule has 0 aromatic carbocycles. The lowest BCUT2D eigenvalue weighted by atomic mass is 10.1. The zero-order valence-electron chi connectivity index (χ0n) is 11.3. The molecule has 1 aliphatic carbocycles. The van der Waals surface area contributed by atoms with Crippen LogP contribution in [0.4, 0.5) is 4.79 Å². The smallest absolute Gasteiger partial charge is 0.314 e. The Morgan fingerprint density at radius 2 is 2.28 bits per heavy atom. The zero-order valence-corrected chi connectivity index (χ0v) is 11.3. The first kappa shape index (κ1) is 13.6. The first-order chi connectivity index (χ1) is 8.68. The van der Waals surface area contributed by atoms with Gasteiger partial charge in [0, 0.05) is 26.2 Å². The number of carbonyl (C=O) groups excluding carboxylic acids is 1. The van der Waals surface area contributed by atoms with Gasteiger partial charge < -0.3 is 20.7 Å². The van der Waals surface area contributed by atoms with Crippen LogP contribution in [0.15, 0.2) is 0 Å². The van der Waals surface area contributed by atoms with E-state index in [0.717, 1.165) is 39.1 Å². The number of amides is 2. The highest BCUT2D eigenvalue weighted by molar-refractivity contribution is 5.73. The van der Waals surface area contributed by atoms with Crippen molar-refractivity contribution in [2.24, 2.45) is 5.41 Å². The Morgan fingerprint density at radius 1 is 1.44 bits per heavy atom. The van der Waals surface area contributed by atoms with Crippen molar-refractivity contribution in [3.8, 4) is 0 Å². The Labute approximate surface area is 109 Å². The number of nitrogens with one attached hydrogen (secondary N) is 3. The largest absolute Gasteiger partial charge is 0.375 e. The fourth-order valence-electron chi connectivity index (χ4n) is 2.11. The molecule has 1 heterocycles. The van der Waals surface area contributed by atoms with Crippen molar-refractivity contribution >= 4 is 6.03 Å². The molecular weight excluding hydrogens is 230 g/mol. The second-order valence-electron chi connectivity index (χ2n) is 5.75. The van der Waals surface area contributed by atoms with Crippen LogP contribution >= 0.6 is 0 Å². The molecule has 1 saturated heterocycles. The van der Waals surface area contributed by atoms with E-state index in [1.807, 2.05) is 0 Å². The molecule has 1 saturated carbocycles. The van der Waals surface area contributed by atoms with Crippen LogP contribution in [0, 0.1) is 5.41 Å². The molecule has 0 aromatic heterocycles. The van der Waals surface area contributed by atoms with Gasteiger partial charge in [-0.3, -0.25) is 0 Å². The highest BCUT2D eigenvalue weighted by Crippen LogP contribution is 2.47. The summed E-state index contributed by atoms with van der Waals surface area (Å²) in [4.78, 5) is 11.6. The first-order valence-corrected chi connectivity index (χ1v) is 7.02. The SMILES string of the molecule is CC1(CCNC(=O)NCC2CNCCCO2)CC1. The number of hydrogen-bond donors (Lipinski definition) is 3. The van der Waals surface area contributed by atoms with Crippen LogP contribution < -0.4 is 16.0 Å². The summed E-state index contributed by atoms with van der Waals surface area (Å²) >= 11 is 0. The van der Waals surface area contributed by atoms with Crippen LogP contribution in [-0.4, -0.2) is 44.9 Å². The molecular formula is C13H25N3O2. The highest BCUT2D eigenvalue weighted by Gasteiger charge is 2.36. The minimum Gasteiger partial charge on any atom is -0.375 e. The van der Waals surface area contributed by atoms with Crippen LogP contribution in [0.2, 0.25) is 0 Å². The molecule has 3 N–H and O–H groups in total. The quantitative estimate of drug-likeness (QED) is 0.682. The van der Waals surface area contributed by atoms with Crippen molar-refractivity contribution < 1.29 is 9.53 Å². The second-order valence-corrected chi connectivity index (χ2v) is 5.75. The number of rotatable bonds is 5. The summed E-state index contributed by atoms with van der Waals surface area (Å²) in [7, 11) is 0. The van der Waals surface area contributed by atoms with Crippen molar-refractivity contribution in [3.63, 3.8) is 0 Å². The number of hydrogen-bond acceptors (Lipinski definition) is 3. The summed E-state index contributed by atoms with van der Waals surface area (Å²) in [6.45, 7) is 6.22. The average Bonchev–Trinajstić information content (AvgIpc) is 3.11. The number of ether oxygens (including phenoxy) is 1. The third kappa shape index (κ3) is 4.82. The van der Waals surface area contributed by atoms with Crippen molar-refractivity contribution in [1.29, 1.82) is 0 Å². The molecule has 2 rings (SSSR count). The summed E-state index contributed by atoms with van der Waals surface area (Å²) in [6, 6.07) is -0.0768. The summed E-state index contributed by atoms with van der Waals surface area (Å²) in [6.07, 6.45) is 4.83. The van der Waals surface area contributed by atoms with Crippen molar-refractivity contribution in [3.05, 3.63) is 0 Å². The van der Waals surface area contributed by atoms with Gasteiger partial charge in [-0.05, 0) is 37.6 Å². The Morgan fingerprint density at radius 3 is 3.06 bits per heavy atom. The molecule has 0 aromatic rings. The van der Waals surface area contributed by atoms with Gasteiger partial charge in [-0.2, -0.15) is 0 Å². The Kier molecular flexibility index (Phi) is 4.83. The van der Waals surface area contributed by atoms with Crippen LogP contribution in [0.3, 0.4) is 0 Å². The fourth-order valence-corrected chi connectivity index (χ4v) is 2.11. The van der Waals surface area contributed by atoms with E-state index in [2.05, 4.69) is 22.9 Å². The van der Waals surface area contributed by atoms with Crippen LogP contribution in [0.25, 0.3) is 0 Å². The summed E-state index contributed by atoms with van der Waals surface area (Å²) in [5.41, 5.74) is 0.502. The van der Waals surface area contributed by atoms with Gasteiger partial charge in [-0.15, -0.1) is 0 Å². The topological polar surface area (TPSA) is 62.4 Å². The Balaban J connectivity index is 1.53. The number of urea groups is 1. The molecule has 104 valence electrons. The second kappa shape index (κ2) is 6.38. The molecule has 5 heteroatoms. The lowest BCUT2D eigenvalue weighted by Crippen LogP contribution is -2.43. The molecule has 18 heavy (non-hydrogen) atoms. The highest BCUT2D eigenvalue weighted by atomic mass is 16.5. The van der Waals surface area contributed by atoms with E-state index in [9.17, 15) is 4.79 Å².